The van der Waals surface area contributed by atoms with Crippen molar-refractivity contribution in [3.05, 3.63) is 41.4 Å². The predicted octanol–water partition coefficient (Wildman–Crippen LogP) is 3.05. The second-order valence-corrected chi connectivity index (χ2v) is 6.72. The number of imide groups is 1. The van der Waals surface area contributed by atoms with Gasteiger partial charge in [0.05, 0.1) is 11.4 Å². The van der Waals surface area contributed by atoms with Crippen molar-refractivity contribution in [2.75, 3.05) is 11.4 Å². The number of rotatable bonds is 6. The Labute approximate surface area is 150 Å². The second kappa shape index (κ2) is 7.57. The molecular formula is C18H19N3O3S. The van der Waals surface area contributed by atoms with Crippen molar-refractivity contribution < 1.29 is 14.4 Å². The molecular weight excluding hydrogens is 338 g/mol. The van der Waals surface area contributed by atoms with E-state index in [4.69, 9.17) is 0 Å². The number of likely N-dealkylation sites (tertiary alicyclic amines) is 1. The molecule has 0 radical (unpaired) electrons. The lowest BCUT2D eigenvalue weighted by atomic mass is 10.2. The molecule has 0 atom stereocenters. The summed E-state index contributed by atoms with van der Waals surface area (Å²) in [6.45, 7) is 2.18. The van der Waals surface area contributed by atoms with Gasteiger partial charge in [0.25, 0.3) is 0 Å². The minimum Gasteiger partial charge on any atom is -0.283 e. The normalized spacial score (nSPS) is 14.2. The number of para-hydroxylation sites is 1. The Hall–Kier alpha value is -2.54. The summed E-state index contributed by atoms with van der Waals surface area (Å²) in [4.78, 5) is 43.4. The van der Waals surface area contributed by atoms with Crippen molar-refractivity contribution in [3.63, 3.8) is 0 Å². The summed E-state index contributed by atoms with van der Waals surface area (Å²) < 4.78 is 0. The zero-order chi connectivity index (χ0) is 17.8. The van der Waals surface area contributed by atoms with E-state index in [9.17, 15) is 14.4 Å². The van der Waals surface area contributed by atoms with Crippen LogP contribution in [0.3, 0.4) is 0 Å². The van der Waals surface area contributed by atoms with Crippen molar-refractivity contribution in [2.24, 2.45) is 0 Å². The molecule has 130 valence electrons. The number of amides is 3. The third-order valence-corrected chi connectivity index (χ3v) is 4.93. The van der Waals surface area contributed by atoms with Crippen LogP contribution in [0.5, 0.6) is 0 Å². The number of thiazole rings is 1. The summed E-state index contributed by atoms with van der Waals surface area (Å²) >= 11 is 1.42. The highest BCUT2D eigenvalue weighted by Gasteiger charge is 2.28. The highest BCUT2D eigenvalue weighted by atomic mass is 32.1. The van der Waals surface area contributed by atoms with Gasteiger partial charge >= 0.3 is 0 Å². The molecule has 3 rings (SSSR count). The first-order valence-electron chi connectivity index (χ1n) is 8.19. The van der Waals surface area contributed by atoms with E-state index in [0.29, 0.717) is 18.1 Å². The van der Waals surface area contributed by atoms with E-state index >= 15 is 0 Å². The molecule has 0 N–H and O–H groups in total. The molecule has 1 aromatic carbocycles. The fraction of sp³-hybridized carbons (Fsp3) is 0.333. The van der Waals surface area contributed by atoms with Gasteiger partial charge in [0, 0.05) is 31.2 Å². The van der Waals surface area contributed by atoms with E-state index in [-0.39, 0.29) is 37.0 Å². The highest BCUT2D eigenvalue weighted by molar-refractivity contribution is 7.14. The van der Waals surface area contributed by atoms with Crippen molar-refractivity contribution in [2.45, 2.75) is 32.6 Å². The third kappa shape index (κ3) is 3.93. The number of aryl methyl sites for hydroxylation is 1. The smallest absolute Gasteiger partial charge is 0.233 e. The van der Waals surface area contributed by atoms with Gasteiger partial charge in [-0.05, 0) is 25.5 Å². The van der Waals surface area contributed by atoms with Crippen molar-refractivity contribution >= 4 is 39.9 Å². The Morgan fingerprint density at radius 3 is 2.48 bits per heavy atom. The Morgan fingerprint density at radius 1 is 1.20 bits per heavy atom. The number of nitrogens with zero attached hydrogens (tertiary/aromatic N) is 3. The average Bonchev–Trinajstić information content (AvgIpc) is 3.16. The number of benzene rings is 1. The second-order valence-electron chi connectivity index (χ2n) is 5.88. The molecule has 3 amide bonds. The number of carbonyl (C=O) groups excluding carboxylic acids is 3. The molecule has 7 heteroatoms. The van der Waals surface area contributed by atoms with Crippen molar-refractivity contribution in [3.8, 4) is 0 Å². The molecule has 0 bridgehead atoms. The number of hydrogen-bond donors (Lipinski definition) is 0. The summed E-state index contributed by atoms with van der Waals surface area (Å²) in [5.41, 5.74) is 1.62. The van der Waals surface area contributed by atoms with Gasteiger partial charge in [-0.15, -0.1) is 11.3 Å². The Balaban J connectivity index is 1.69. The van der Waals surface area contributed by atoms with Crippen LogP contribution in [0, 0.1) is 6.92 Å². The molecule has 1 fully saturated rings. The van der Waals surface area contributed by atoms with E-state index in [1.54, 1.807) is 4.90 Å². The van der Waals surface area contributed by atoms with Crippen LogP contribution in [0.15, 0.2) is 35.7 Å². The number of anilines is 2. The van der Waals surface area contributed by atoms with Gasteiger partial charge in [-0.25, -0.2) is 4.98 Å². The maximum absolute atomic E-state index is 12.8. The molecule has 0 aliphatic carbocycles. The standard InChI is InChI=1S/C18H19N3O3S/c1-13-12-25-18(19-13)21(14-6-3-2-4-7-14)17(24)8-5-11-20-15(22)9-10-16(20)23/h2-4,6-7,12H,5,8-11H2,1H3. The van der Waals surface area contributed by atoms with Crippen LogP contribution in [-0.2, 0) is 14.4 Å². The van der Waals surface area contributed by atoms with Crippen molar-refractivity contribution in [1.29, 1.82) is 0 Å². The number of aromatic nitrogens is 1. The molecule has 0 unspecified atom stereocenters. The summed E-state index contributed by atoms with van der Waals surface area (Å²) in [5, 5.41) is 2.53. The van der Waals surface area contributed by atoms with E-state index in [1.165, 1.54) is 16.2 Å². The number of hydrogen-bond acceptors (Lipinski definition) is 5. The van der Waals surface area contributed by atoms with Crippen molar-refractivity contribution in [1.82, 2.24) is 9.88 Å². The zero-order valence-electron chi connectivity index (χ0n) is 14.0. The minimum atomic E-state index is -0.145. The lowest BCUT2D eigenvalue weighted by molar-refractivity contribution is -0.138. The molecule has 1 aromatic heterocycles. The monoisotopic (exact) mass is 357 g/mol. The Morgan fingerprint density at radius 2 is 1.88 bits per heavy atom. The van der Waals surface area contributed by atoms with Crippen LogP contribution >= 0.6 is 11.3 Å². The summed E-state index contributed by atoms with van der Waals surface area (Å²) in [6, 6.07) is 9.36. The van der Waals surface area contributed by atoms with Gasteiger partial charge in [-0.1, -0.05) is 18.2 Å². The molecule has 0 spiro atoms. The lowest BCUT2D eigenvalue weighted by Crippen LogP contribution is -2.31. The molecule has 25 heavy (non-hydrogen) atoms. The summed E-state index contributed by atoms with van der Waals surface area (Å²) in [5.74, 6) is -0.388. The van der Waals surface area contributed by atoms with E-state index in [2.05, 4.69) is 4.98 Å². The van der Waals surface area contributed by atoms with Gasteiger partial charge in [-0.2, -0.15) is 0 Å². The van der Waals surface area contributed by atoms with Crippen LogP contribution in [0.25, 0.3) is 0 Å². The van der Waals surface area contributed by atoms with E-state index in [0.717, 1.165) is 11.4 Å². The maximum atomic E-state index is 12.8. The van der Waals surface area contributed by atoms with Crippen LogP contribution in [0.1, 0.15) is 31.4 Å². The van der Waals surface area contributed by atoms with E-state index in [1.807, 2.05) is 42.6 Å². The first-order valence-corrected chi connectivity index (χ1v) is 9.07. The van der Waals surface area contributed by atoms with Gasteiger partial charge in [0.2, 0.25) is 17.7 Å². The van der Waals surface area contributed by atoms with E-state index < -0.39 is 0 Å². The third-order valence-electron chi connectivity index (χ3n) is 3.99. The van der Waals surface area contributed by atoms with Crippen LogP contribution in [0.4, 0.5) is 10.8 Å². The molecule has 2 heterocycles. The SMILES string of the molecule is Cc1csc(N(C(=O)CCCN2C(=O)CCC2=O)c2ccccc2)n1. The fourth-order valence-corrected chi connectivity index (χ4v) is 3.59. The Kier molecular flexibility index (Phi) is 5.23. The topological polar surface area (TPSA) is 70.6 Å². The predicted molar refractivity (Wildman–Crippen MR) is 95.6 cm³/mol. The van der Waals surface area contributed by atoms with Crippen LogP contribution in [0.2, 0.25) is 0 Å². The maximum Gasteiger partial charge on any atom is 0.233 e. The molecule has 1 saturated heterocycles. The molecule has 1 aliphatic heterocycles. The molecule has 6 nitrogen and oxygen atoms in total. The highest BCUT2D eigenvalue weighted by Crippen LogP contribution is 2.29. The van der Waals surface area contributed by atoms with Crippen LogP contribution in [-0.4, -0.2) is 34.2 Å². The quantitative estimate of drug-likeness (QED) is 0.745. The minimum absolute atomic E-state index is 0.0976. The van der Waals surface area contributed by atoms with Crippen LogP contribution < -0.4 is 4.90 Å². The number of carbonyl (C=O) groups is 3. The molecule has 1 aliphatic rings. The fourth-order valence-electron chi connectivity index (χ4n) is 2.75. The first kappa shape index (κ1) is 17.3. The van der Waals surface area contributed by atoms with Gasteiger partial charge < -0.3 is 0 Å². The Bertz CT molecular complexity index is 772. The molecule has 0 saturated carbocycles. The average molecular weight is 357 g/mol. The van der Waals surface area contributed by atoms with Gasteiger partial charge in [-0.3, -0.25) is 24.2 Å². The lowest BCUT2D eigenvalue weighted by Gasteiger charge is -2.20. The van der Waals surface area contributed by atoms with Gasteiger partial charge in [0.1, 0.15) is 0 Å². The summed E-state index contributed by atoms with van der Waals surface area (Å²) in [6.07, 6.45) is 1.25. The molecule has 2 aromatic rings. The summed E-state index contributed by atoms with van der Waals surface area (Å²) in [7, 11) is 0. The van der Waals surface area contributed by atoms with Gasteiger partial charge in [0.15, 0.2) is 5.13 Å². The largest absolute Gasteiger partial charge is 0.283 e. The zero-order valence-corrected chi connectivity index (χ0v) is 14.8. The first-order chi connectivity index (χ1) is 12.1.